The standard InChI is InChI=1S/C23H26BrN3O4S2/c24-18-4-1-3-17(13-18)16-32-23-25-21-14-20(33(28,29)26-8-11-30-12-9-26)6-7-22(21)27(23)15-19-5-2-10-31-19/h1,3-4,6-7,13-14,19H,2,5,8-12,15-16H2/t19-/m0/s1. The maximum atomic E-state index is 13.2. The third-order valence-corrected chi connectivity index (χ3v) is 9.40. The minimum absolute atomic E-state index is 0.157. The van der Waals surface area contributed by atoms with Crippen LogP contribution in [0.1, 0.15) is 18.4 Å². The van der Waals surface area contributed by atoms with Crippen molar-refractivity contribution >= 4 is 48.7 Å². The Labute approximate surface area is 206 Å². The van der Waals surface area contributed by atoms with Gasteiger partial charge < -0.3 is 14.0 Å². The molecule has 2 saturated heterocycles. The lowest BCUT2D eigenvalue weighted by molar-refractivity contribution is 0.0730. The highest BCUT2D eigenvalue weighted by atomic mass is 79.9. The van der Waals surface area contributed by atoms with Crippen molar-refractivity contribution < 1.29 is 17.9 Å². The molecule has 7 nitrogen and oxygen atoms in total. The van der Waals surface area contributed by atoms with Crippen LogP contribution in [0.5, 0.6) is 0 Å². The van der Waals surface area contributed by atoms with Gasteiger partial charge in [0.1, 0.15) is 0 Å². The van der Waals surface area contributed by atoms with Crippen LogP contribution in [-0.2, 0) is 31.8 Å². The molecule has 0 saturated carbocycles. The highest BCUT2D eigenvalue weighted by Crippen LogP contribution is 2.31. The molecule has 0 radical (unpaired) electrons. The van der Waals surface area contributed by atoms with Crippen LogP contribution in [0.25, 0.3) is 11.0 Å². The number of hydrogen-bond acceptors (Lipinski definition) is 6. The van der Waals surface area contributed by atoms with Crippen LogP contribution in [0.2, 0.25) is 0 Å². The number of thioether (sulfide) groups is 1. The van der Waals surface area contributed by atoms with E-state index in [1.165, 1.54) is 9.87 Å². The maximum absolute atomic E-state index is 13.2. The number of nitrogens with zero attached hydrogens (tertiary/aromatic N) is 3. The van der Waals surface area contributed by atoms with Gasteiger partial charge in [-0.3, -0.25) is 0 Å². The molecule has 1 atom stereocenters. The largest absolute Gasteiger partial charge is 0.379 e. The van der Waals surface area contributed by atoms with E-state index >= 15 is 0 Å². The quantitative estimate of drug-likeness (QED) is 0.408. The first-order valence-electron chi connectivity index (χ1n) is 11.1. The molecule has 5 rings (SSSR count). The molecule has 0 bridgehead atoms. The van der Waals surface area contributed by atoms with Crippen molar-refractivity contribution in [1.82, 2.24) is 13.9 Å². The number of halogens is 1. The first-order chi connectivity index (χ1) is 16.0. The zero-order chi connectivity index (χ0) is 22.8. The van der Waals surface area contributed by atoms with Gasteiger partial charge in [0.15, 0.2) is 5.16 Å². The average Bonchev–Trinajstić information content (AvgIpc) is 3.46. The fourth-order valence-corrected chi connectivity index (χ4v) is 7.08. The lowest BCUT2D eigenvalue weighted by Gasteiger charge is -2.26. The summed E-state index contributed by atoms with van der Waals surface area (Å²) in [5, 5.41) is 0.876. The summed E-state index contributed by atoms with van der Waals surface area (Å²) in [4.78, 5) is 5.14. The minimum atomic E-state index is -3.57. The molecule has 0 unspecified atom stereocenters. The normalized spacial score (nSPS) is 20.0. The molecule has 3 aromatic rings. The summed E-state index contributed by atoms with van der Waals surface area (Å²) >= 11 is 5.19. The van der Waals surface area contributed by atoms with Crippen LogP contribution < -0.4 is 0 Å². The summed E-state index contributed by atoms with van der Waals surface area (Å²) in [7, 11) is -3.57. The van der Waals surface area contributed by atoms with Gasteiger partial charge in [0.25, 0.3) is 0 Å². The van der Waals surface area contributed by atoms with Gasteiger partial charge >= 0.3 is 0 Å². The Morgan fingerprint density at radius 2 is 1.97 bits per heavy atom. The second-order valence-electron chi connectivity index (χ2n) is 8.23. The number of fused-ring (bicyclic) bond motifs is 1. The molecule has 2 aliphatic rings. The van der Waals surface area contributed by atoms with Crippen molar-refractivity contribution in [2.45, 2.75) is 41.3 Å². The van der Waals surface area contributed by atoms with Crippen LogP contribution in [-0.4, -0.2) is 61.3 Å². The van der Waals surface area contributed by atoms with Crippen LogP contribution >= 0.6 is 27.7 Å². The van der Waals surface area contributed by atoms with E-state index in [4.69, 9.17) is 14.5 Å². The number of imidazole rings is 1. The van der Waals surface area contributed by atoms with Gasteiger partial charge in [-0.05, 0) is 48.7 Å². The topological polar surface area (TPSA) is 73.7 Å². The monoisotopic (exact) mass is 551 g/mol. The number of rotatable bonds is 7. The summed E-state index contributed by atoms with van der Waals surface area (Å²) in [6, 6.07) is 13.5. The molecule has 0 N–H and O–H groups in total. The molecule has 2 aliphatic heterocycles. The van der Waals surface area contributed by atoms with Crippen molar-refractivity contribution in [3.8, 4) is 0 Å². The number of ether oxygens (including phenoxy) is 2. The molecule has 0 spiro atoms. The van der Waals surface area contributed by atoms with E-state index in [-0.39, 0.29) is 11.0 Å². The highest BCUT2D eigenvalue weighted by molar-refractivity contribution is 9.10. The Kier molecular flexibility index (Phi) is 7.10. The summed E-state index contributed by atoms with van der Waals surface area (Å²) in [6.07, 6.45) is 2.25. The fourth-order valence-electron chi connectivity index (χ4n) is 4.24. The highest BCUT2D eigenvalue weighted by Gasteiger charge is 2.27. The van der Waals surface area contributed by atoms with Gasteiger partial charge in [0.2, 0.25) is 10.0 Å². The molecule has 1 aromatic heterocycles. The number of morpholine rings is 1. The Morgan fingerprint density at radius 1 is 1.12 bits per heavy atom. The molecule has 0 amide bonds. The van der Waals surface area contributed by atoms with Crippen molar-refractivity contribution in [2.24, 2.45) is 0 Å². The molecule has 33 heavy (non-hydrogen) atoms. The zero-order valence-electron chi connectivity index (χ0n) is 18.2. The van der Waals surface area contributed by atoms with Crippen molar-refractivity contribution in [3.63, 3.8) is 0 Å². The predicted octanol–water partition coefficient (Wildman–Crippen LogP) is 4.29. The Morgan fingerprint density at radius 3 is 2.73 bits per heavy atom. The molecule has 10 heteroatoms. The Hall–Kier alpha value is -1.43. The van der Waals surface area contributed by atoms with Gasteiger partial charge in [-0.25, -0.2) is 13.4 Å². The van der Waals surface area contributed by atoms with Gasteiger partial charge in [-0.15, -0.1) is 0 Å². The number of sulfonamides is 1. The van der Waals surface area contributed by atoms with Crippen molar-refractivity contribution in [2.75, 3.05) is 32.9 Å². The van der Waals surface area contributed by atoms with E-state index in [0.717, 1.165) is 40.3 Å². The second-order valence-corrected chi connectivity index (χ2v) is 12.0. The lowest BCUT2D eigenvalue weighted by atomic mass is 10.2. The first-order valence-corrected chi connectivity index (χ1v) is 14.3. The van der Waals surface area contributed by atoms with Crippen molar-refractivity contribution in [1.29, 1.82) is 0 Å². The minimum Gasteiger partial charge on any atom is -0.379 e. The third kappa shape index (κ3) is 5.16. The smallest absolute Gasteiger partial charge is 0.243 e. The van der Waals surface area contributed by atoms with Crippen LogP contribution in [0.4, 0.5) is 0 Å². The van der Waals surface area contributed by atoms with Crippen molar-refractivity contribution in [3.05, 3.63) is 52.5 Å². The first kappa shape index (κ1) is 23.3. The van der Waals surface area contributed by atoms with Crippen LogP contribution in [0.3, 0.4) is 0 Å². The molecular formula is C23H26BrN3O4S2. The van der Waals surface area contributed by atoms with E-state index in [1.54, 1.807) is 23.9 Å². The SMILES string of the molecule is O=S(=O)(c1ccc2c(c1)nc(SCc1cccc(Br)c1)n2C[C@@H]1CCCO1)N1CCOCC1. The van der Waals surface area contributed by atoms with Gasteiger partial charge in [0, 0.05) is 29.9 Å². The molecule has 2 aromatic carbocycles. The van der Waals surface area contributed by atoms with E-state index in [2.05, 4.69) is 32.6 Å². The summed E-state index contributed by atoms with van der Waals surface area (Å²) < 4.78 is 42.2. The Bertz CT molecular complexity index is 1240. The van der Waals surface area contributed by atoms with Gasteiger partial charge in [-0.2, -0.15) is 4.31 Å². The number of hydrogen-bond donors (Lipinski definition) is 0. The predicted molar refractivity (Wildman–Crippen MR) is 132 cm³/mol. The Balaban J connectivity index is 1.47. The molecule has 176 valence electrons. The molecule has 3 heterocycles. The fraction of sp³-hybridized carbons (Fsp3) is 0.435. The van der Waals surface area contributed by atoms with E-state index in [1.807, 2.05) is 18.2 Å². The second kappa shape index (κ2) is 10.1. The lowest BCUT2D eigenvalue weighted by Crippen LogP contribution is -2.40. The summed E-state index contributed by atoms with van der Waals surface area (Å²) in [5.41, 5.74) is 2.82. The number of aromatic nitrogens is 2. The maximum Gasteiger partial charge on any atom is 0.243 e. The van der Waals surface area contributed by atoms with E-state index in [0.29, 0.717) is 38.4 Å². The van der Waals surface area contributed by atoms with Crippen LogP contribution in [0.15, 0.2) is 57.0 Å². The van der Waals surface area contributed by atoms with Crippen LogP contribution in [0, 0.1) is 0 Å². The summed E-state index contributed by atoms with van der Waals surface area (Å²) in [6.45, 7) is 3.11. The van der Waals surface area contributed by atoms with Gasteiger partial charge in [-0.1, -0.05) is 39.8 Å². The third-order valence-electron chi connectivity index (χ3n) is 5.96. The van der Waals surface area contributed by atoms with E-state index < -0.39 is 10.0 Å². The van der Waals surface area contributed by atoms with E-state index in [9.17, 15) is 8.42 Å². The average molecular weight is 553 g/mol. The van der Waals surface area contributed by atoms with Gasteiger partial charge in [0.05, 0.1) is 41.8 Å². The zero-order valence-corrected chi connectivity index (χ0v) is 21.4. The summed E-state index contributed by atoms with van der Waals surface area (Å²) in [5.74, 6) is 0.771. The molecule has 0 aliphatic carbocycles. The molecule has 2 fully saturated rings. The molecular weight excluding hydrogens is 526 g/mol. The number of benzene rings is 2.